The van der Waals surface area contributed by atoms with Crippen molar-refractivity contribution in [1.29, 1.82) is 0 Å². The average molecular weight is 206 g/mol. The molecular weight excluding hydrogens is 184 g/mol. The molecule has 84 valence electrons. The Labute approximate surface area is 93.0 Å². The fourth-order valence-corrected chi connectivity index (χ4v) is 3.04. The summed E-state index contributed by atoms with van der Waals surface area (Å²) >= 11 is 0. The van der Waals surface area contributed by atoms with Crippen molar-refractivity contribution in [3.05, 3.63) is 0 Å². The fraction of sp³-hybridized carbons (Fsp3) is 0.846. The summed E-state index contributed by atoms with van der Waals surface area (Å²) in [6, 6.07) is 0. The molecule has 0 aromatic carbocycles. The normalized spacial score (nSPS) is 36.1. The van der Waals surface area contributed by atoms with E-state index in [2.05, 4.69) is 11.2 Å². The van der Waals surface area contributed by atoms with Gasteiger partial charge in [-0.05, 0) is 37.5 Å². The van der Waals surface area contributed by atoms with Gasteiger partial charge in [-0.15, -0.1) is 6.42 Å². The molecule has 0 amide bonds. The Morgan fingerprint density at radius 2 is 2.13 bits per heavy atom. The van der Waals surface area contributed by atoms with Gasteiger partial charge in [0.15, 0.2) is 0 Å². The van der Waals surface area contributed by atoms with Crippen LogP contribution >= 0.6 is 0 Å². The molecule has 2 saturated carbocycles. The zero-order chi connectivity index (χ0) is 10.7. The van der Waals surface area contributed by atoms with Crippen molar-refractivity contribution in [2.24, 2.45) is 17.6 Å². The van der Waals surface area contributed by atoms with E-state index >= 15 is 0 Å². The van der Waals surface area contributed by atoms with Crippen molar-refractivity contribution < 1.29 is 0 Å². The van der Waals surface area contributed by atoms with Gasteiger partial charge in [0.05, 0.1) is 6.54 Å². The first-order valence-corrected chi connectivity index (χ1v) is 6.18. The van der Waals surface area contributed by atoms with Crippen LogP contribution in [-0.4, -0.2) is 18.6 Å². The lowest BCUT2D eigenvalue weighted by atomic mass is 9.74. The van der Waals surface area contributed by atoms with Crippen LogP contribution < -0.4 is 11.1 Å². The molecule has 15 heavy (non-hydrogen) atoms. The molecule has 2 aliphatic rings. The molecule has 0 spiro atoms. The molecule has 0 aromatic heterocycles. The predicted molar refractivity (Wildman–Crippen MR) is 63.3 cm³/mol. The lowest BCUT2D eigenvalue weighted by Gasteiger charge is -2.41. The van der Waals surface area contributed by atoms with Crippen LogP contribution in [0.2, 0.25) is 0 Å². The van der Waals surface area contributed by atoms with Crippen LogP contribution in [0.4, 0.5) is 0 Å². The second-order valence-corrected chi connectivity index (χ2v) is 5.24. The van der Waals surface area contributed by atoms with E-state index < -0.39 is 0 Å². The van der Waals surface area contributed by atoms with E-state index in [1.165, 1.54) is 38.5 Å². The maximum Gasteiger partial charge on any atom is 0.0578 e. The van der Waals surface area contributed by atoms with Crippen molar-refractivity contribution in [3.8, 4) is 12.3 Å². The van der Waals surface area contributed by atoms with Gasteiger partial charge in [0, 0.05) is 12.1 Å². The summed E-state index contributed by atoms with van der Waals surface area (Å²) in [6.45, 7) is 1.40. The van der Waals surface area contributed by atoms with Gasteiger partial charge in [0.25, 0.3) is 0 Å². The topological polar surface area (TPSA) is 38.0 Å². The minimum absolute atomic E-state index is 0.151. The molecule has 2 unspecified atom stereocenters. The lowest BCUT2D eigenvalue weighted by Crippen LogP contribution is -2.54. The van der Waals surface area contributed by atoms with Crippen LogP contribution in [0.25, 0.3) is 0 Å². The molecule has 2 fully saturated rings. The van der Waals surface area contributed by atoms with Crippen LogP contribution in [0.15, 0.2) is 0 Å². The van der Waals surface area contributed by atoms with Crippen LogP contribution in [0.1, 0.15) is 38.5 Å². The highest BCUT2D eigenvalue weighted by Gasteiger charge is 2.40. The minimum atomic E-state index is 0.151. The average Bonchev–Trinajstić information content (AvgIpc) is 3.11. The van der Waals surface area contributed by atoms with Gasteiger partial charge < -0.3 is 5.73 Å². The zero-order valence-corrected chi connectivity index (χ0v) is 9.47. The number of terminal acetylenes is 1. The number of hydrogen-bond acceptors (Lipinski definition) is 2. The second kappa shape index (κ2) is 4.55. The van der Waals surface area contributed by atoms with Gasteiger partial charge in [0.2, 0.25) is 0 Å². The molecule has 0 aromatic rings. The Kier molecular flexibility index (Phi) is 3.33. The summed E-state index contributed by atoms with van der Waals surface area (Å²) in [6.07, 6.45) is 13.4. The van der Waals surface area contributed by atoms with E-state index in [0.717, 1.165) is 18.4 Å². The van der Waals surface area contributed by atoms with Crippen molar-refractivity contribution in [2.75, 3.05) is 13.1 Å². The van der Waals surface area contributed by atoms with E-state index in [9.17, 15) is 0 Å². The van der Waals surface area contributed by atoms with Gasteiger partial charge >= 0.3 is 0 Å². The Morgan fingerprint density at radius 1 is 1.33 bits per heavy atom. The molecular formula is C13H22N2. The highest BCUT2D eigenvalue weighted by Crippen LogP contribution is 2.46. The van der Waals surface area contributed by atoms with E-state index in [-0.39, 0.29) is 5.54 Å². The molecule has 3 N–H and O–H groups in total. The molecule has 2 nitrogen and oxygen atoms in total. The molecule has 2 heteroatoms. The van der Waals surface area contributed by atoms with Crippen molar-refractivity contribution in [1.82, 2.24) is 5.32 Å². The van der Waals surface area contributed by atoms with E-state index in [1.807, 2.05) is 0 Å². The Morgan fingerprint density at radius 3 is 2.73 bits per heavy atom. The molecule has 2 aliphatic carbocycles. The van der Waals surface area contributed by atoms with Gasteiger partial charge in [-0.1, -0.05) is 18.8 Å². The third kappa shape index (κ3) is 2.53. The third-order valence-corrected chi connectivity index (χ3v) is 4.13. The molecule has 0 aliphatic heterocycles. The smallest absolute Gasteiger partial charge is 0.0578 e. The van der Waals surface area contributed by atoms with Gasteiger partial charge in [-0.3, -0.25) is 5.32 Å². The highest BCUT2D eigenvalue weighted by atomic mass is 15.0. The summed E-state index contributed by atoms with van der Waals surface area (Å²) in [4.78, 5) is 0. The Balaban J connectivity index is 1.94. The van der Waals surface area contributed by atoms with E-state index in [0.29, 0.717) is 6.54 Å². The van der Waals surface area contributed by atoms with Crippen LogP contribution in [0, 0.1) is 24.2 Å². The van der Waals surface area contributed by atoms with Crippen molar-refractivity contribution in [3.63, 3.8) is 0 Å². The largest absolute Gasteiger partial charge is 0.329 e. The zero-order valence-electron chi connectivity index (χ0n) is 9.47. The predicted octanol–water partition coefficient (Wildman–Crippen LogP) is 1.51. The first kappa shape index (κ1) is 11.0. The van der Waals surface area contributed by atoms with Crippen molar-refractivity contribution in [2.45, 2.75) is 44.1 Å². The number of rotatable bonds is 4. The lowest BCUT2D eigenvalue weighted by molar-refractivity contribution is 0.175. The van der Waals surface area contributed by atoms with E-state index in [4.69, 9.17) is 12.2 Å². The maximum absolute atomic E-state index is 5.93. The maximum atomic E-state index is 5.93. The Bertz CT molecular complexity index is 252. The summed E-state index contributed by atoms with van der Waals surface area (Å²) < 4.78 is 0. The second-order valence-electron chi connectivity index (χ2n) is 5.24. The fourth-order valence-electron chi connectivity index (χ4n) is 3.04. The molecule has 0 heterocycles. The van der Waals surface area contributed by atoms with Crippen LogP contribution in [-0.2, 0) is 0 Å². The molecule has 0 saturated heterocycles. The molecule has 0 bridgehead atoms. The van der Waals surface area contributed by atoms with E-state index in [1.54, 1.807) is 0 Å². The monoisotopic (exact) mass is 206 g/mol. The molecule has 2 atom stereocenters. The summed E-state index contributed by atoms with van der Waals surface area (Å²) in [5, 5.41) is 3.49. The third-order valence-electron chi connectivity index (χ3n) is 4.13. The quantitative estimate of drug-likeness (QED) is 0.684. The Hall–Kier alpha value is -0.520. The number of hydrogen-bond donors (Lipinski definition) is 2. The molecule has 0 radical (unpaired) electrons. The minimum Gasteiger partial charge on any atom is -0.329 e. The summed E-state index contributed by atoms with van der Waals surface area (Å²) in [5.74, 6) is 4.58. The van der Waals surface area contributed by atoms with Gasteiger partial charge in [0.1, 0.15) is 0 Å². The number of nitrogens with two attached hydrogens (primary N) is 1. The first-order valence-electron chi connectivity index (χ1n) is 6.18. The van der Waals surface area contributed by atoms with Crippen LogP contribution in [0.5, 0.6) is 0 Å². The van der Waals surface area contributed by atoms with Gasteiger partial charge in [-0.25, -0.2) is 0 Å². The molecule has 2 rings (SSSR count). The van der Waals surface area contributed by atoms with Gasteiger partial charge in [-0.2, -0.15) is 0 Å². The highest BCUT2D eigenvalue weighted by molar-refractivity contribution is 5.01. The van der Waals surface area contributed by atoms with Crippen LogP contribution in [0.3, 0.4) is 0 Å². The number of nitrogens with one attached hydrogen (secondary N) is 1. The van der Waals surface area contributed by atoms with Crippen molar-refractivity contribution >= 4 is 0 Å². The SMILES string of the molecule is C#CCNC1(CN)CCCC(C2CC2)C1. The standard InChI is InChI=1S/C13H22N2/c1-2-8-15-13(10-14)7-3-4-12(9-13)11-5-6-11/h1,11-12,15H,3-10,14H2. The summed E-state index contributed by atoms with van der Waals surface area (Å²) in [5.41, 5.74) is 6.08. The summed E-state index contributed by atoms with van der Waals surface area (Å²) in [7, 11) is 0. The first-order chi connectivity index (χ1) is 7.29.